The van der Waals surface area contributed by atoms with Crippen LogP contribution in [0.3, 0.4) is 0 Å². The SMILES string of the molecule is CC(C)(C)OC(=O)N1CCC(c2cn(-c3ccc(F)cc3)nc2C2CCC2)CC1. The zero-order chi connectivity index (χ0) is 20.6. The van der Waals surface area contributed by atoms with Crippen LogP contribution in [0.25, 0.3) is 5.69 Å². The van der Waals surface area contributed by atoms with Crippen molar-refractivity contribution in [3.05, 3.63) is 47.5 Å². The molecule has 2 aliphatic rings. The van der Waals surface area contributed by atoms with Crippen LogP contribution in [0, 0.1) is 5.82 Å². The molecule has 1 aliphatic heterocycles. The summed E-state index contributed by atoms with van der Waals surface area (Å²) in [6, 6.07) is 6.47. The lowest BCUT2D eigenvalue weighted by Gasteiger charge is -2.34. The second-order valence-electron chi connectivity index (χ2n) is 9.26. The van der Waals surface area contributed by atoms with Crippen LogP contribution in [0.1, 0.15) is 76.0 Å². The third kappa shape index (κ3) is 4.46. The van der Waals surface area contributed by atoms with Crippen LogP contribution in [-0.2, 0) is 4.74 Å². The molecule has 2 aromatic rings. The van der Waals surface area contributed by atoms with Crippen LogP contribution >= 0.6 is 0 Å². The van der Waals surface area contributed by atoms with Gasteiger partial charge in [-0.3, -0.25) is 0 Å². The molecule has 6 heteroatoms. The van der Waals surface area contributed by atoms with Gasteiger partial charge in [0.2, 0.25) is 0 Å². The molecule has 0 bridgehead atoms. The van der Waals surface area contributed by atoms with Crippen molar-refractivity contribution in [2.24, 2.45) is 0 Å². The number of carbonyl (C=O) groups excluding carboxylic acids is 1. The molecule has 0 atom stereocenters. The maximum atomic E-state index is 13.3. The van der Waals surface area contributed by atoms with Gasteiger partial charge in [-0.05, 0) is 82.2 Å². The van der Waals surface area contributed by atoms with Crippen molar-refractivity contribution in [3.8, 4) is 5.69 Å². The summed E-state index contributed by atoms with van der Waals surface area (Å²) in [5.41, 5.74) is 2.89. The fraction of sp³-hybridized carbons (Fsp3) is 0.565. The summed E-state index contributed by atoms with van der Waals surface area (Å²) in [6.07, 6.45) is 7.34. The quantitative estimate of drug-likeness (QED) is 0.695. The van der Waals surface area contributed by atoms with Crippen LogP contribution in [0.4, 0.5) is 9.18 Å². The van der Waals surface area contributed by atoms with Gasteiger partial charge < -0.3 is 9.64 Å². The van der Waals surface area contributed by atoms with Gasteiger partial charge in [-0.15, -0.1) is 0 Å². The van der Waals surface area contributed by atoms with Gasteiger partial charge in [0.25, 0.3) is 0 Å². The molecule has 2 fully saturated rings. The van der Waals surface area contributed by atoms with Crippen molar-refractivity contribution in [1.29, 1.82) is 0 Å². The molecule has 156 valence electrons. The number of rotatable bonds is 3. The van der Waals surface area contributed by atoms with E-state index in [0.29, 0.717) is 24.9 Å². The van der Waals surface area contributed by atoms with E-state index in [1.165, 1.54) is 42.7 Å². The van der Waals surface area contributed by atoms with Crippen molar-refractivity contribution in [1.82, 2.24) is 14.7 Å². The molecule has 0 unspecified atom stereocenters. The number of ether oxygens (including phenoxy) is 1. The number of halogens is 1. The minimum absolute atomic E-state index is 0.225. The number of hydrogen-bond donors (Lipinski definition) is 0. The summed E-state index contributed by atoms with van der Waals surface area (Å²) in [4.78, 5) is 14.2. The van der Waals surface area contributed by atoms with Crippen molar-refractivity contribution < 1.29 is 13.9 Å². The smallest absolute Gasteiger partial charge is 0.410 e. The number of piperidine rings is 1. The van der Waals surface area contributed by atoms with Crippen molar-refractivity contribution >= 4 is 6.09 Å². The summed E-state index contributed by atoms with van der Waals surface area (Å²) in [5.74, 6) is 0.670. The van der Waals surface area contributed by atoms with E-state index in [1.807, 2.05) is 30.4 Å². The average Bonchev–Trinajstić information content (AvgIpc) is 3.04. The third-order valence-electron chi connectivity index (χ3n) is 5.94. The standard InChI is InChI=1S/C23H30FN3O2/c1-23(2,3)29-22(28)26-13-11-16(12-14-26)20-15-27(19-9-7-18(24)8-10-19)25-21(20)17-5-4-6-17/h7-10,15-17H,4-6,11-14H2,1-3H3. The fourth-order valence-corrected chi connectivity index (χ4v) is 4.14. The Morgan fingerprint density at radius 3 is 2.28 bits per heavy atom. The number of nitrogens with zero attached hydrogens (tertiary/aromatic N) is 3. The molecule has 1 aromatic carbocycles. The lowest BCUT2D eigenvalue weighted by atomic mass is 9.78. The molecule has 0 radical (unpaired) electrons. The zero-order valence-corrected chi connectivity index (χ0v) is 17.5. The van der Waals surface area contributed by atoms with Crippen molar-refractivity contribution in [3.63, 3.8) is 0 Å². The highest BCUT2D eigenvalue weighted by molar-refractivity contribution is 5.68. The molecule has 29 heavy (non-hydrogen) atoms. The van der Waals surface area contributed by atoms with Crippen molar-refractivity contribution in [2.45, 2.75) is 70.3 Å². The Morgan fingerprint density at radius 2 is 1.72 bits per heavy atom. The normalized spacial score (nSPS) is 18.6. The van der Waals surface area contributed by atoms with E-state index < -0.39 is 5.60 Å². The van der Waals surface area contributed by atoms with Crippen LogP contribution in [0.15, 0.2) is 30.5 Å². The van der Waals surface area contributed by atoms with E-state index in [4.69, 9.17) is 9.84 Å². The summed E-state index contributed by atoms with van der Waals surface area (Å²) >= 11 is 0. The molecular formula is C23H30FN3O2. The molecule has 1 saturated carbocycles. The van der Waals surface area contributed by atoms with Gasteiger partial charge in [0.05, 0.1) is 11.4 Å². The lowest BCUT2D eigenvalue weighted by molar-refractivity contribution is 0.0204. The maximum Gasteiger partial charge on any atom is 0.410 e. The highest BCUT2D eigenvalue weighted by Crippen LogP contribution is 2.41. The third-order valence-corrected chi connectivity index (χ3v) is 5.94. The monoisotopic (exact) mass is 399 g/mol. The summed E-state index contributed by atoms with van der Waals surface area (Å²) in [5, 5.41) is 4.90. The molecule has 1 amide bonds. The summed E-state index contributed by atoms with van der Waals surface area (Å²) < 4.78 is 20.7. The van der Waals surface area contributed by atoms with Crippen LogP contribution in [0.2, 0.25) is 0 Å². The highest BCUT2D eigenvalue weighted by atomic mass is 19.1. The first-order valence-corrected chi connectivity index (χ1v) is 10.6. The molecular weight excluding hydrogens is 369 g/mol. The molecule has 0 spiro atoms. The fourth-order valence-electron chi connectivity index (χ4n) is 4.14. The topological polar surface area (TPSA) is 47.4 Å². The number of benzene rings is 1. The number of aromatic nitrogens is 2. The minimum atomic E-state index is -0.471. The summed E-state index contributed by atoms with van der Waals surface area (Å²) in [6.45, 7) is 7.09. The van der Waals surface area contributed by atoms with E-state index >= 15 is 0 Å². The first-order chi connectivity index (χ1) is 13.8. The highest BCUT2D eigenvalue weighted by Gasteiger charge is 2.32. The van der Waals surface area contributed by atoms with E-state index in [1.54, 1.807) is 12.1 Å². The van der Waals surface area contributed by atoms with E-state index in [2.05, 4.69) is 6.20 Å². The molecule has 0 N–H and O–H groups in total. The van der Waals surface area contributed by atoms with Gasteiger partial charge >= 0.3 is 6.09 Å². The van der Waals surface area contributed by atoms with E-state index in [-0.39, 0.29) is 11.9 Å². The Bertz CT molecular complexity index is 857. The van der Waals surface area contributed by atoms with Crippen molar-refractivity contribution in [2.75, 3.05) is 13.1 Å². The first-order valence-electron chi connectivity index (χ1n) is 10.6. The van der Waals surface area contributed by atoms with Gasteiger partial charge in [0, 0.05) is 25.2 Å². The predicted octanol–water partition coefficient (Wildman–Crippen LogP) is 5.39. The Balaban J connectivity index is 1.51. The van der Waals surface area contributed by atoms with E-state index in [0.717, 1.165) is 18.5 Å². The van der Waals surface area contributed by atoms with Gasteiger partial charge in [-0.25, -0.2) is 13.9 Å². The minimum Gasteiger partial charge on any atom is -0.444 e. The summed E-state index contributed by atoms with van der Waals surface area (Å²) in [7, 11) is 0. The molecule has 1 saturated heterocycles. The number of carbonyl (C=O) groups is 1. The van der Waals surface area contributed by atoms with Gasteiger partial charge in [0.15, 0.2) is 0 Å². The first kappa shape index (κ1) is 19.9. The Labute approximate surface area is 171 Å². The van der Waals surface area contributed by atoms with Crippen LogP contribution in [0.5, 0.6) is 0 Å². The number of amides is 1. The maximum absolute atomic E-state index is 13.3. The van der Waals surface area contributed by atoms with Crippen LogP contribution in [-0.4, -0.2) is 39.5 Å². The number of hydrogen-bond acceptors (Lipinski definition) is 3. The lowest BCUT2D eigenvalue weighted by Crippen LogP contribution is -2.41. The van der Waals surface area contributed by atoms with E-state index in [9.17, 15) is 9.18 Å². The zero-order valence-electron chi connectivity index (χ0n) is 17.5. The molecule has 1 aliphatic carbocycles. The van der Waals surface area contributed by atoms with Gasteiger partial charge in [-0.1, -0.05) is 6.42 Å². The molecule has 5 nitrogen and oxygen atoms in total. The van der Waals surface area contributed by atoms with Gasteiger partial charge in [-0.2, -0.15) is 5.10 Å². The van der Waals surface area contributed by atoms with Gasteiger partial charge in [0.1, 0.15) is 11.4 Å². The molecule has 4 rings (SSSR count). The average molecular weight is 400 g/mol. The Kier molecular flexibility index (Phi) is 5.36. The van der Waals surface area contributed by atoms with Crippen LogP contribution < -0.4 is 0 Å². The predicted molar refractivity (Wildman–Crippen MR) is 110 cm³/mol. The Morgan fingerprint density at radius 1 is 1.07 bits per heavy atom. The second kappa shape index (κ2) is 7.81. The number of likely N-dealkylation sites (tertiary alicyclic amines) is 1. The molecule has 1 aromatic heterocycles. The Hall–Kier alpha value is -2.37. The second-order valence-corrected chi connectivity index (χ2v) is 9.26. The largest absolute Gasteiger partial charge is 0.444 e. The molecule has 2 heterocycles.